The minimum atomic E-state index is -1.10. The van der Waals surface area contributed by atoms with Gasteiger partial charge in [0.1, 0.15) is 11.4 Å². The molecule has 1 fully saturated rings. The maximum Gasteiger partial charge on any atom is 0.261 e. The third-order valence-corrected chi connectivity index (χ3v) is 7.17. The Balaban J connectivity index is 1.46. The van der Waals surface area contributed by atoms with Gasteiger partial charge in [-0.3, -0.25) is 9.69 Å². The van der Waals surface area contributed by atoms with Crippen LogP contribution in [0.2, 0.25) is 0 Å². The van der Waals surface area contributed by atoms with Crippen molar-refractivity contribution in [1.82, 2.24) is 10.2 Å². The van der Waals surface area contributed by atoms with Crippen LogP contribution in [0.3, 0.4) is 0 Å². The Morgan fingerprint density at radius 3 is 2.56 bits per heavy atom. The van der Waals surface area contributed by atoms with Crippen molar-refractivity contribution in [2.75, 3.05) is 13.6 Å². The van der Waals surface area contributed by atoms with Crippen LogP contribution in [-0.4, -0.2) is 36.0 Å². The van der Waals surface area contributed by atoms with E-state index in [0.29, 0.717) is 24.6 Å². The maximum absolute atomic E-state index is 13.7. The molecule has 6 nitrogen and oxygen atoms in total. The summed E-state index contributed by atoms with van der Waals surface area (Å²) < 4.78 is 6.60. The number of benzene rings is 3. The van der Waals surface area contributed by atoms with Gasteiger partial charge in [0.2, 0.25) is 0 Å². The summed E-state index contributed by atoms with van der Waals surface area (Å²) in [5, 5.41) is 3.36. The number of carbonyl (C=O) groups is 1. The van der Waals surface area contributed by atoms with Crippen molar-refractivity contribution in [2.24, 2.45) is 10.7 Å². The molecule has 0 aromatic heterocycles. The van der Waals surface area contributed by atoms with Gasteiger partial charge in [-0.15, -0.1) is 0 Å². The number of rotatable bonds is 4. The van der Waals surface area contributed by atoms with Crippen molar-refractivity contribution in [3.05, 3.63) is 89.5 Å². The van der Waals surface area contributed by atoms with Gasteiger partial charge in [0.25, 0.3) is 5.91 Å². The Morgan fingerprint density at radius 1 is 1.09 bits per heavy atom. The molecule has 3 aromatic rings. The van der Waals surface area contributed by atoms with Crippen LogP contribution in [0.5, 0.6) is 5.75 Å². The number of carbonyl (C=O) groups excluding carboxylic acids is 1. The molecule has 3 aliphatic heterocycles. The Hall–Kier alpha value is -3.64. The monoisotopic (exact) mass is 452 g/mol. The third-order valence-electron chi connectivity index (χ3n) is 7.17. The van der Waals surface area contributed by atoms with Gasteiger partial charge in [0.05, 0.1) is 0 Å². The topological polar surface area (TPSA) is 89.9 Å². The van der Waals surface area contributed by atoms with Gasteiger partial charge >= 0.3 is 0 Å². The van der Waals surface area contributed by atoms with Gasteiger partial charge in [-0.25, -0.2) is 4.99 Å². The van der Waals surface area contributed by atoms with E-state index in [1.807, 2.05) is 24.3 Å². The SMILES string of the molecule is CN1C(=O)C2(C[C@@](C)(Cc3ccccc3)Oc3ccc(-c4cccc(C5CN5)c4)cc32)N=C1N. The summed E-state index contributed by atoms with van der Waals surface area (Å²) >= 11 is 0. The second kappa shape index (κ2) is 7.43. The second-order valence-electron chi connectivity index (χ2n) is 9.88. The predicted octanol–water partition coefficient (Wildman–Crippen LogP) is 3.76. The highest BCUT2D eigenvalue weighted by Crippen LogP contribution is 2.50. The largest absolute Gasteiger partial charge is 0.487 e. The van der Waals surface area contributed by atoms with E-state index in [0.717, 1.165) is 28.8 Å². The number of nitrogens with two attached hydrogens (primary N) is 1. The highest BCUT2D eigenvalue weighted by molar-refractivity contribution is 6.07. The van der Waals surface area contributed by atoms with E-state index in [-0.39, 0.29) is 11.9 Å². The first kappa shape index (κ1) is 20.9. The molecule has 3 aliphatic rings. The van der Waals surface area contributed by atoms with E-state index < -0.39 is 11.1 Å². The summed E-state index contributed by atoms with van der Waals surface area (Å²) in [7, 11) is 1.69. The molecule has 6 heteroatoms. The van der Waals surface area contributed by atoms with Crippen molar-refractivity contribution < 1.29 is 9.53 Å². The van der Waals surface area contributed by atoms with Crippen molar-refractivity contribution in [3.8, 4) is 16.9 Å². The lowest BCUT2D eigenvalue weighted by Crippen LogP contribution is -2.51. The molecule has 1 spiro atoms. The summed E-state index contributed by atoms with van der Waals surface area (Å²) in [5.41, 5.74) is 9.83. The highest BCUT2D eigenvalue weighted by atomic mass is 16.5. The van der Waals surface area contributed by atoms with Crippen LogP contribution in [0.1, 0.15) is 36.1 Å². The molecule has 0 saturated carbocycles. The zero-order chi connectivity index (χ0) is 23.5. The molecular formula is C28H28N4O2. The van der Waals surface area contributed by atoms with Crippen LogP contribution in [-0.2, 0) is 16.8 Å². The molecule has 6 rings (SSSR count). The second-order valence-corrected chi connectivity index (χ2v) is 9.88. The van der Waals surface area contributed by atoms with Gasteiger partial charge in [-0.05, 0) is 47.4 Å². The van der Waals surface area contributed by atoms with Gasteiger partial charge in [-0.1, -0.05) is 54.6 Å². The number of hydrogen-bond acceptors (Lipinski definition) is 5. The Kier molecular flexibility index (Phi) is 4.58. The number of aliphatic imine (C=N–C) groups is 1. The lowest BCUT2D eigenvalue weighted by Gasteiger charge is -2.43. The Bertz CT molecular complexity index is 1320. The Morgan fingerprint density at radius 2 is 1.85 bits per heavy atom. The van der Waals surface area contributed by atoms with Crippen molar-refractivity contribution in [1.29, 1.82) is 0 Å². The molecule has 0 bridgehead atoms. The fourth-order valence-corrected chi connectivity index (χ4v) is 5.41. The Labute approximate surface area is 199 Å². The summed E-state index contributed by atoms with van der Waals surface area (Å²) in [5.74, 6) is 0.822. The summed E-state index contributed by atoms with van der Waals surface area (Å²) in [6.07, 6.45) is 1.08. The van der Waals surface area contributed by atoms with Crippen LogP contribution in [0.25, 0.3) is 11.1 Å². The fraction of sp³-hybridized carbons (Fsp3) is 0.286. The number of hydrogen-bond donors (Lipinski definition) is 2. The molecular weight excluding hydrogens is 424 g/mol. The number of likely N-dealkylation sites (N-methyl/N-ethyl adjacent to an activating group) is 1. The molecule has 0 aliphatic carbocycles. The minimum absolute atomic E-state index is 0.109. The number of nitrogens with zero attached hydrogens (tertiary/aromatic N) is 2. The molecule has 172 valence electrons. The predicted molar refractivity (Wildman–Crippen MR) is 132 cm³/mol. The van der Waals surface area contributed by atoms with Gasteiger partial charge in [0.15, 0.2) is 11.5 Å². The molecule has 2 unspecified atom stereocenters. The van der Waals surface area contributed by atoms with Crippen LogP contribution in [0, 0.1) is 0 Å². The molecule has 1 amide bonds. The zero-order valence-corrected chi connectivity index (χ0v) is 19.4. The van der Waals surface area contributed by atoms with E-state index in [1.54, 1.807) is 7.05 Å². The molecule has 3 heterocycles. The van der Waals surface area contributed by atoms with Gasteiger partial charge < -0.3 is 15.8 Å². The van der Waals surface area contributed by atoms with Crippen molar-refractivity contribution >= 4 is 11.9 Å². The molecule has 3 aromatic carbocycles. The smallest absolute Gasteiger partial charge is 0.261 e. The molecule has 34 heavy (non-hydrogen) atoms. The van der Waals surface area contributed by atoms with E-state index in [2.05, 4.69) is 60.8 Å². The van der Waals surface area contributed by atoms with E-state index in [9.17, 15) is 4.79 Å². The average Bonchev–Trinajstić information content (AvgIpc) is 3.66. The fourth-order valence-electron chi connectivity index (χ4n) is 5.41. The van der Waals surface area contributed by atoms with Crippen molar-refractivity contribution in [3.63, 3.8) is 0 Å². The number of ether oxygens (including phenoxy) is 1. The summed E-state index contributed by atoms with van der Waals surface area (Å²) in [4.78, 5) is 19.9. The quantitative estimate of drug-likeness (QED) is 0.590. The van der Waals surface area contributed by atoms with Gasteiger partial charge in [0, 0.05) is 38.0 Å². The minimum Gasteiger partial charge on any atom is -0.487 e. The van der Waals surface area contributed by atoms with Crippen LogP contribution >= 0.6 is 0 Å². The third kappa shape index (κ3) is 3.37. The first-order chi connectivity index (χ1) is 16.4. The van der Waals surface area contributed by atoms with Crippen LogP contribution in [0.4, 0.5) is 0 Å². The molecule has 0 radical (unpaired) electrons. The average molecular weight is 453 g/mol. The van der Waals surface area contributed by atoms with Crippen LogP contribution < -0.4 is 15.8 Å². The molecule has 1 saturated heterocycles. The number of amides is 1. The number of nitrogens with one attached hydrogen (secondary N) is 1. The first-order valence-electron chi connectivity index (χ1n) is 11.7. The zero-order valence-electron chi connectivity index (χ0n) is 19.4. The van der Waals surface area contributed by atoms with Gasteiger partial charge in [-0.2, -0.15) is 0 Å². The van der Waals surface area contributed by atoms with E-state index >= 15 is 0 Å². The molecule has 3 N–H and O–H groups in total. The molecule has 3 atom stereocenters. The number of fused-ring (bicyclic) bond motifs is 2. The lowest BCUT2D eigenvalue weighted by molar-refractivity contribution is -0.133. The van der Waals surface area contributed by atoms with E-state index in [4.69, 9.17) is 15.5 Å². The standard InChI is InChI=1S/C28H28N4O2/c1-27(15-18-7-4-3-5-8-18)17-28(25(33)32(2)26(29)31-28)22-14-20(11-12-24(22)34-27)19-9-6-10-21(13-19)23-16-30-23/h3-14,23,30H,15-17H2,1-2H3,(H2,29,31)/t23?,27-,28?/m1/s1. The normalized spacial score (nSPS) is 27.4. The first-order valence-corrected chi connectivity index (χ1v) is 11.7. The lowest BCUT2D eigenvalue weighted by atomic mass is 9.74. The highest BCUT2D eigenvalue weighted by Gasteiger charge is 2.56. The van der Waals surface area contributed by atoms with Crippen LogP contribution in [0.15, 0.2) is 77.8 Å². The number of guanidine groups is 1. The summed E-state index contributed by atoms with van der Waals surface area (Å²) in [6, 6.07) is 25.3. The summed E-state index contributed by atoms with van der Waals surface area (Å²) in [6.45, 7) is 3.07. The maximum atomic E-state index is 13.7. The van der Waals surface area contributed by atoms with Crippen molar-refractivity contribution in [2.45, 2.75) is 36.9 Å². The van der Waals surface area contributed by atoms with E-state index in [1.165, 1.54) is 10.5 Å².